The summed E-state index contributed by atoms with van der Waals surface area (Å²) in [7, 11) is 0. The Morgan fingerprint density at radius 3 is 3.08 bits per heavy atom. The van der Waals surface area contributed by atoms with Gasteiger partial charge in [0.25, 0.3) is 0 Å². The summed E-state index contributed by atoms with van der Waals surface area (Å²) in [5.41, 5.74) is 0.579. The molecule has 1 heterocycles. The summed E-state index contributed by atoms with van der Waals surface area (Å²) in [5.74, 6) is 4.52. The molecule has 0 bridgehead atoms. The fourth-order valence-corrected chi connectivity index (χ4v) is 1.02. The van der Waals surface area contributed by atoms with Gasteiger partial charge in [0.1, 0.15) is 5.82 Å². The van der Waals surface area contributed by atoms with Crippen LogP contribution >= 0.6 is 0 Å². The van der Waals surface area contributed by atoms with E-state index in [1.165, 1.54) is 6.20 Å². The van der Waals surface area contributed by atoms with E-state index in [1.54, 1.807) is 12.3 Å². The van der Waals surface area contributed by atoms with E-state index in [9.17, 15) is 4.39 Å². The average molecular weight is 170 g/mol. The van der Waals surface area contributed by atoms with Crippen LogP contribution in [0.25, 0.3) is 0 Å². The van der Waals surface area contributed by atoms with Crippen LogP contribution in [0.4, 0.5) is 4.39 Å². The number of hydrogen-bond donors (Lipinski definition) is 1. The summed E-state index contributed by atoms with van der Waals surface area (Å²) < 4.78 is 13.0. The second kappa shape index (κ2) is 4.13. The molecule has 0 spiro atoms. The largest absolute Gasteiger partial charge is 0.304 e. The first kappa shape index (κ1) is 9.09. The third-order valence-corrected chi connectivity index (χ3v) is 1.68. The van der Waals surface area contributed by atoms with E-state index in [2.05, 4.69) is 9.82 Å². The Morgan fingerprint density at radius 2 is 2.50 bits per heavy atom. The van der Waals surface area contributed by atoms with Gasteiger partial charge in [0.2, 0.25) is 0 Å². The molecule has 0 amide bonds. The molecule has 12 heavy (non-hydrogen) atoms. The first-order valence-corrected chi connectivity index (χ1v) is 3.66. The molecule has 0 aliphatic carbocycles. The fourth-order valence-electron chi connectivity index (χ4n) is 1.02. The second-order valence-corrected chi connectivity index (χ2v) is 2.63. The molecule has 1 aromatic rings. The van der Waals surface area contributed by atoms with Gasteiger partial charge in [-0.25, -0.2) is 10.3 Å². The van der Waals surface area contributed by atoms with Gasteiger partial charge in [0, 0.05) is 12.1 Å². The van der Waals surface area contributed by atoms with Crippen molar-refractivity contribution in [3.05, 3.63) is 29.8 Å². The van der Waals surface area contributed by atoms with Crippen molar-refractivity contribution < 1.29 is 9.23 Å². The molecule has 0 fully saturated rings. The zero-order chi connectivity index (χ0) is 8.97. The van der Waals surface area contributed by atoms with Crippen molar-refractivity contribution >= 4 is 0 Å². The Hall–Kier alpha value is -1.00. The number of pyridine rings is 1. The van der Waals surface area contributed by atoms with Crippen LogP contribution < -0.4 is 5.90 Å². The summed E-state index contributed by atoms with van der Waals surface area (Å²) in [6, 6.07) is 1.62. The second-order valence-electron chi connectivity index (χ2n) is 2.63. The Kier molecular flexibility index (Phi) is 3.13. The normalized spacial score (nSPS) is 12.9. The van der Waals surface area contributed by atoms with Gasteiger partial charge >= 0.3 is 0 Å². The van der Waals surface area contributed by atoms with Crippen molar-refractivity contribution in [2.45, 2.75) is 12.8 Å². The molecule has 0 saturated carbocycles. The van der Waals surface area contributed by atoms with E-state index in [0.29, 0.717) is 12.2 Å². The van der Waals surface area contributed by atoms with E-state index in [4.69, 9.17) is 5.90 Å². The maximum atomic E-state index is 13.0. The summed E-state index contributed by atoms with van der Waals surface area (Å²) in [6.07, 6.45) is 2.73. The maximum Gasteiger partial charge on any atom is 0.145 e. The monoisotopic (exact) mass is 170 g/mol. The predicted octanol–water partition coefficient (Wildman–Crippen LogP) is 1.21. The number of nitrogens with zero attached hydrogens (tertiary/aromatic N) is 1. The number of nitrogens with two attached hydrogens (primary N) is 1. The molecular formula is C8H11FN2O. The van der Waals surface area contributed by atoms with Crippen molar-refractivity contribution in [1.82, 2.24) is 4.98 Å². The lowest BCUT2D eigenvalue weighted by Gasteiger charge is -2.09. The standard InChI is InChI=1S/C8H11FN2O/c1-6(5-12-10)7-2-3-11-4-8(7)9/h2-4,6H,5,10H2,1H3. The Balaban J connectivity index is 2.79. The third-order valence-electron chi connectivity index (χ3n) is 1.68. The van der Waals surface area contributed by atoms with Gasteiger partial charge in [-0.3, -0.25) is 4.98 Å². The molecule has 4 heteroatoms. The van der Waals surface area contributed by atoms with Crippen LogP contribution in [0, 0.1) is 5.82 Å². The highest BCUT2D eigenvalue weighted by atomic mass is 19.1. The van der Waals surface area contributed by atoms with Crippen molar-refractivity contribution in [3.8, 4) is 0 Å². The number of halogens is 1. The summed E-state index contributed by atoms with van der Waals surface area (Å²) in [4.78, 5) is 8.07. The summed E-state index contributed by atoms with van der Waals surface area (Å²) in [6.45, 7) is 2.15. The predicted molar refractivity (Wildman–Crippen MR) is 42.7 cm³/mol. The van der Waals surface area contributed by atoms with Crippen molar-refractivity contribution in [3.63, 3.8) is 0 Å². The Morgan fingerprint density at radius 1 is 1.75 bits per heavy atom. The van der Waals surface area contributed by atoms with Crippen LogP contribution in [0.5, 0.6) is 0 Å². The van der Waals surface area contributed by atoms with Crippen LogP contribution in [0.3, 0.4) is 0 Å². The van der Waals surface area contributed by atoms with E-state index < -0.39 is 0 Å². The SMILES string of the molecule is CC(CON)c1ccncc1F. The van der Waals surface area contributed by atoms with Gasteiger partial charge in [0.05, 0.1) is 12.8 Å². The number of hydrogen-bond acceptors (Lipinski definition) is 3. The minimum absolute atomic E-state index is 0.0435. The van der Waals surface area contributed by atoms with Crippen LogP contribution in [-0.2, 0) is 4.84 Å². The molecule has 2 N–H and O–H groups in total. The molecule has 1 atom stereocenters. The van der Waals surface area contributed by atoms with Gasteiger partial charge in [0.15, 0.2) is 0 Å². The molecule has 1 rings (SSSR count). The molecule has 0 aromatic carbocycles. The molecule has 66 valence electrons. The van der Waals surface area contributed by atoms with Gasteiger partial charge in [-0.1, -0.05) is 6.92 Å². The molecule has 0 aliphatic heterocycles. The highest BCUT2D eigenvalue weighted by Gasteiger charge is 2.09. The highest BCUT2D eigenvalue weighted by molar-refractivity contribution is 5.17. The molecular weight excluding hydrogens is 159 g/mol. The van der Waals surface area contributed by atoms with E-state index in [1.807, 2.05) is 6.92 Å². The van der Waals surface area contributed by atoms with Crippen LogP contribution in [-0.4, -0.2) is 11.6 Å². The Bertz CT molecular complexity index is 255. The molecule has 0 aliphatic rings. The summed E-state index contributed by atoms with van der Waals surface area (Å²) >= 11 is 0. The lowest BCUT2D eigenvalue weighted by Crippen LogP contribution is -2.09. The van der Waals surface area contributed by atoms with Crippen LogP contribution in [0.15, 0.2) is 18.5 Å². The minimum Gasteiger partial charge on any atom is -0.304 e. The average Bonchev–Trinajstić information content (AvgIpc) is 2.05. The van der Waals surface area contributed by atoms with Gasteiger partial charge in [-0.2, -0.15) is 0 Å². The van der Waals surface area contributed by atoms with E-state index in [0.717, 1.165) is 0 Å². The van der Waals surface area contributed by atoms with Gasteiger partial charge in [-0.05, 0) is 11.6 Å². The smallest absolute Gasteiger partial charge is 0.145 e. The lowest BCUT2D eigenvalue weighted by molar-refractivity contribution is 0.126. The maximum absolute atomic E-state index is 13.0. The van der Waals surface area contributed by atoms with Crippen molar-refractivity contribution in [1.29, 1.82) is 0 Å². The first-order chi connectivity index (χ1) is 5.75. The van der Waals surface area contributed by atoms with Crippen LogP contribution in [0.1, 0.15) is 18.4 Å². The zero-order valence-electron chi connectivity index (χ0n) is 6.83. The van der Waals surface area contributed by atoms with Crippen molar-refractivity contribution in [2.75, 3.05) is 6.61 Å². The molecule has 3 nitrogen and oxygen atoms in total. The zero-order valence-corrected chi connectivity index (χ0v) is 6.83. The van der Waals surface area contributed by atoms with E-state index >= 15 is 0 Å². The van der Waals surface area contributed by atoms with Crippen LogP contribution in [0.2, 0.25) is 0 Å². The number of aromatic nitrogens is 1. The van der Waals surface area contributed by atoms with E-state index in [-0.39, 0.29) is 11.7 Å². The molecule has 0 saturated heterocycles. The fraction of sp³-hybridized carbons (Fsp3) is 0.375. The lowest BCUT2D eigenvalue weighted by atomic mass is 10.0. The first-order valence-electron chi connectivity index (χ1n) is 3.66. The van der Waals surface area contributed by atoms with Gasteiger partial charge < -0.3 is 4.84 Å². The molecule has 0 radical (unpaired) electrons. The minimum atomic E-state index is -0.318. The number of rotatable bonds is 3. The highest BCUT2D eigenvalue weighted by Crippen LogP contribution is 2.16. The van der Waals surface area contributed by atoms with Gasteiger partial charge in [-0.15, -0.1) is 0 Å². The topological polar surface area (TPSA) is 48.1 Å². The summed E-state index contributed by atoms with van der Waals surface area (Å²) in [5, 5.41) is 0. The Labute approximate surface area is 70.3 Å². The molecule has 1 aromatic heterocycles. The third kappa shape index (κ3) is 1.99. The quantitative estimate of drug-likeness (QED) is 0.694. The van der Waals surface area contributed by atoms with Crippen molar-refractivity contribution in [2.24, 2.45) is 5.90 Å². The molecule has 1 unspecified atom stereocenters.